The normalized spacial score (nSPS) is 15.0. The van der Waals surface area contributed by atoms with E-state index in [4.69, 9.17) is 5.11 Å². The Hall–Kier alpha value is -1.36. The molecule has 0 aliphatic heterocycles. The smallest absolute Gasteiger partial charge is 0.0972 e. The molecule has 0 amide bonds. The van der Waals surface area contributed by atoms with Crippen LogP contribution in [0.3, 0.4) is 0 Å². The fourth-order valence-corrected chi connectivity index (χ4v) is 1.74. The molecule has 4 N–H and O–H groups in total. The number of fused-ring (bicyclic) bond motifs is 1. The average molecular weight is 234 g/mol. The highest BCUT2D eigenvalue weighted by Crippen LogP contribution is 2.14. The van der Waals surface area contributed by atoms with Crippen molar-refractivity contribution in [1.29, 1.82) is 0 Å². The van der Waals surface area contributed by atoms with E-state index in [9.17, 15) is 5.11 Å². The second-order valence-corrected chi connectivity index (χ2v) is 4.66. The van der Waals surface area contributed by atoms with E-state index in [-0.39, 0.29) is 6.61 Å². The van der Waals surface area contributed by atoms with Gasteiger partial charge >= 0.3 is 0 Å². The Morgan fingerprint density at radius 1 is 1.35 bits per heavy atom. The number of hydrogen-bond acceptors (Lipinski definition) is 3. The molecular weight excluding hydrogens is 216 g/mol. The van der Waals surface area contributed by atoms with Crippen molar-refractivity contribution < 1.29 is 10.2 Å². The number of benzene rings is 1. The van der Waals surface area contributed by atoms with E-state index < -0.39 is 5.60 Å². The van der Waals surface area contributed by atoms with Crippen molar-refractivity contribution in [1.82, 2.24) is 10.3 Å². The molecule has 1 unspecified atom stereocenters. The second kappa shape index (κ2) is 4.87. The Morgan fingerprint density at radius 2 is 2.18 bits per heavy atom. The first kappa shape index (κ1) is 12.1. The number of hydrogen-bond donors (Lipinski definition) is 4. The Morgan fingerprint density at radius 3 is 2.94 bits per heavy atom. The average Bonchev–Trinajstić information content (AvgIpc) is 2.76. The molecule has 4 nitrogen and oxygen atoms in total. The summed E-state index contributed by atoms with van der Waals surface area (Å²) in [7, 11) is 0. The molecule has 17 heavy (non-hydrogen) atoms. The molecule has 0 saturated heterocycles. The standard InChI is InChI=1S/C13H18N2O2/c1-13(17,9-16)8-14-7-10-2-3-12-11(6-10)4-5-15-12/h2-6,14-17H,7-9H2,1H3. The molecule has 0 aliphatic carbocycles. The molecule has 0 spiro atoms. The maximum Gasteiger partial charge on any atom is 0.0972 e. The third-order valence-electron chi connectivity index (χ3n) is 2.79. The molecule has 0 saturated carbocycles. The molecule has 2 rings (SSSR count). The monoisotopic (exact) mass is 234 g/mol. The maximum absolute atomic E-state index is 9.62. The first-order valence-electron chi connectivity index (χ1n) is 5.71. The minimum Gasteiger partial charge on any atom is -0.393 e. The second-order valence-electron chi connectivity index (χ2n) is 4.66. The van der Waals surface area contributed by atoms with Gasteiger partial charge in [0.25, 0.3) is 0 Å². The van der Waals surface area contributed by atoms with Crippen molar-refractivity contribution in [2.75, 3.05) is 13.2 Å². The van der Waals surface area contributed by atoms with Crippen LogP contribution in [0.4, 0.5) is 0 Å². The highest BCUT2D eigenvalue weighted by molar-refractivity contribution is 5.79. The van der Waals surface area contributed by atoms with Crippen LogP contribution < -0.4 is 5.32 Å². The molecule has 0 aliphatic rings. The van der Waals surface area contributed by atoms with Crippen LogP contribution in [-0.4, -0.2) is 33.9 Å². The zero-order valence-corrected chi connectivity index (χ0v) is 9.90. The number of aliphatic hydroxyl groups excluding tert-OH is 1. The summed E-state index contributed by atoms with van der Waals surface area (Å²) in [4.78, 5) is 3.14. The van der Waals surface area contributed by atoms with Gasteiger partial charge in [0.1, 0.15) is 0 Å². The van der Waals surface area contributed by atoms with Gasteiger partial charge in [-0.15, -0.1) is 0 Å². The Kier molecular flexibility index (Phi) is 3.47. The summed E-state index contributed by atoms with van der Waals surface area (Å²) in [6, 6.07) is 8.21. The van der Waals surface area contributed by atoms with Crippen LogP contribution in [0.1, 0.15) is 12.5 Å². The lowest BCUT2D eigenvalue weighted by molar-refractivity contribution is 0.00254. The van der Waals surface area contributed by atoms with E-state index in [0.717, 1.165) is 11.1 Å². The molecule has 2 aromatic rings. The van der Waals surface area contributed by atoms with Gasteiger partial charge in [0, 0.05) is 24.8 Å². The van der Waals surface area contributed by atoms with Crippen molar-refractivity contribution >= 4 is 10.9 Å². The minimum atomic E-state index is -1.06. The highest BCUT2D eigenvalue weighted by Gasteiger charge is 2.17. The molecule has 92 valence electrons. The first-order valence-corrected chi connectivity index (χ1v) is 5.71. The lowest BCUT2D eigenvalue weighted by atomic mass is 10.1. The molecule has 1 aromatic carbocycles. The van der Waals surface area contributed by atoms with Gasteiger partial charge in [-0.2, -0.15) is 0 Å². The lowest BCUT2D eigenvalue weighted by Gasteiger charge is -2.20. The number of aromatic amines is 1. The predicted octanol–water partition coefficient (Wildman–Crippen LogP) is 1.00. The van der Waals surface area contributed by atoms with Gasteiger partial charge in [0.2, 0.25) is 0 Å². The van der Waals surface area contributed by atoms with Crippen molar-refractivity contribution in [3.05, 3.63) is 36.0 Å². The summed E-state index contributed by atoms with van der Waals surface area (Å²) >= 11 is 0. The van der Waals surface area contributed by atoms with Crippen LogP contribution in [0.15, 0.2) is 30.5 Å². The molecule has 1 heterocycles. The van der Waals surface area contributed by atoms with Gasteiger partial charge in [0.05, 0.1) is 12.2 Å². The van der Waals surface area contributed by atoms with Crippen LogP contribution in [0.5, 0.6) is 0 Å². The molecule has 1 aromatic heterocycles. The zero-order chi connectivity index (χ0) is 12.3. The number of nitrogens with one attached hydrogen (secondary N) is 2. The summed E-state index contributed by atoms with van der Waals surface area (Å²) in [5.74, 6) is 0. The van der Waals surface area contributed by atoms with E-state index in [1.165, 1.54) is 5.39 Å². The zero-order valence-electron chi connectivity index (χ0n) is 9.90. The van der Waals surface area contributed by atoms with Crippen molar-refractivity contribution in [3.63, 3.8) is 0 Å². The lowest BCUT2D eigenvalue weighted by Crippen LogP contribution is -2.40. The highest BCUT2D eigenvalue weighted by atomic mass is 16.3. The van der Waals surface area contributed by atoms with E-state index in [0.29, 0.717) is 13.1 Å². The fraction of sp³-hybridized carbons (Fsp3) is 0.385. The molecule has 0 radical (unpaired) electrons. The van der Waals surface area contributed by atoms with Crippen LogP contribution in [-0.2, 0) is 6.54 Å². The largest absolute Gasteiger partial charge is 0.393 e. The summed E-state index contributed by atoms with van der Waals surface area (Å²) in [6.45, 7) is 2.41. The van der Waals surface area contributed by atoms with Crippen molar-refractivity contribution in [2.45, 2.75) is 19.1 Å². The number of rotatable bonds is 5. The molecule has 4 heteroatoms. The van der Waals surface area contributed by atoms with E-state index in [1.807, 2.05) is 24.4 Å². The number of aromatic nitrogens is 1. The van der Waals surface area contributed by atoms with Gasteiger partial charge in [0.15, 0.2) is 0 Å². The molecular formula is C13H18N2O2. The molecule has 1 atom stereocenters. The van der Waals surface area contributed by atoms with Crippen molar-refractivity contribution in [3.8, 4) is 0 Å². The SMILES string of the molecule is CC(O)(CO)CNCc1ccc2[nH]ccc2c1. The van der Waals surface area contributed by atoms with Gasteiger partial charge in [-0.3, -0.25) is 0 Å². The summed E-state index contributed by atoms with van der Waals surface area (Å²) < 4.78 is 0. The fourth-order valence-electron chi connectivity index (χ4n) is 1.74. The van der Waals surface area contributed by atoms with E-state index in [2.05, 4.69) is 16.4 Å². The molecule has 0 fully saturated rings. The number of aliphatic hydroxyl groups is 2. The van der Waals surface area contributed by atoms with Gasteiger partial charge in [-0.25, -0.2) is 0 Å². The summed E-state index contributed by atoms with van der Waals surface area (Å²) in [5.41, 5.74) is 1.22. The van der Waals surface area contributed by atoms with E-state index >= 15 is 0 Å². The predicted molar refractivity (Wildman–Crippen MR) is 67.7 cm³/mol. The molecule has 0 bridgehead atoms. The van der Waals surface area contributed by atoms with Crippen LogP contribution in [0, 0.1) is 0 Å². The van der Waals surface area contributed by atoms with Gasteiger partial charge in [-0.1, -0.05) is 6.07 Å². The number of H-pyrrole nitrogens is 1. The maximum atomic E-state index is 9.62. The van der Waals surface area contributed by atoms with Crippen LogP contribution in [0.25, 0.3) is 10.9 Å². The minimum absolute atomic E-state index is 0.239. The Balaban J connectivity index is 1.95. The third-order valence-corrected chi connectivity index (χ3v) is 2.79. The summed E-state index contributed by atoms with van der Waals surface area (Å²) in [6.07, 6.45) is 1.92. The quantitative estimate of drug-likeness (QED) is 0.624. The topological polar surface area (TPSA) is 68.3 Å². The first-order chi connectivity index (χ1) is 8.11. The van der Waals surface area contributed by atoms with Gasteiger partial charge < -0.3 is 20.5 Å². The Labute approximate surface area is 100 Å². The third kappa shape index (κ3) is 3.06. The van der Waals surface area contributed by atoms with Gasteiger partial charge in [-0.05, 0) is 36.1 Å². The summed E-state index contributed by atoms with van der Waals surface area (Å²) in [5, 5.41) is 22.8. The van der Waals surface area contributed by atoms with Crippen LogP contribution >= 0.6 is 0 Å². The van der Waals surface area contributed by atoms with Crippen LogP contribution in [0.2, 0.25) is 0 Å². The van der Waals surface area contributed by atoms with E-state index in [1.54, 1.807) is 6.92 Å². The Bertz CT molecular complexity index is 491. The van der Waals surface area contributed by atoms with Crippen molar-refractivity contribution in [2.24, 2.45) is 0 Å².